The first-order chi connectivity index (χ1) is 19.3. The van der Waals surface area contributed by atoms with Gasteiger partial charge in [0.2, 0.25) is 5.91 Å². The van der Waals surface area contributed by atoms with E-state index in [1.54, 1.807) is 19.2 Å². The second kappa shape index (κ2) is 11.8. The molecule has 0 aromatic heterocycles. The number of carbonyl (C=O) groups excluding carboxylic acids is 3. The van der Waals surface area contributed by atoms with Gasteiger partial charge in [0.25, 0.3) is 5.91 Å². The number of nitrogens with one attached hydrogen (secondary N) is 2. The van der Waals surface area contributed by atoms with Gasteiger partial charge in [0.15, 0.2) is 6.29 Å². The number of hydrogen-bond acceptors (Lipinski definition) is 6. The molecule has 208 valence electrons. The van der Waals surface area contributed by atoms with Crippen LogP contribution in [0.1, 0.15) is 22.3 Å². The number of benzene rings is 3. The molecule has 2 aliphatic heterocycles. The zero-order valence-corrected chi connectivity index (χ0v) is 22.9. The number of hydrogen-bond donors (Lipinski definition) is 2. The van der Waals surface area contributed by atoms with Gasteiger partial charge in [-0.15, -0.1) is 0 Å². The lowest BCUT2D eigenvalue weighted by Gasteiger charge is -2.54. The van der Waals surface area contributed by atoms with E-state index in [4.69, 9.17) is 4.74 Å². The first-order valence-electron chi connectivity index (χ1n) is 13.2. The summed E-state index contributed by atoms with van der Waals surface area (Å²) < 4.78 is 5.21. The maximum Gasteiger partial charge on any atom is 0.335 e. The van der Waals surface area contributed by atoms with Gasteiger partial charge in [0, 0.05) is 20.0 Å². The molecule has 2 saturated heterocycles. The molecule has 0 aliphatic carbocycles. The van der Waals surface area contributed by atoms with Crippen molar-refractivity contribution in [1.29, 1.82) is 0 Å². The molecule has 3 aromatic rings. The number of nitrogens with zero attached hydrogens (tertiary/aromatic N) is 4. The summed E-state index contributed by atoms with van der Waals surface area (Å²) in [4.78, 5) is 42.3. The predicted molar refractivity (Wildman–Crippen MR) is 149 cm³/mol. The van der Waals surface area contributed by atoms with E-state index in [-0.39, 0.29) is 31.4 Å². The van der Waals surface area contributed by atoms with Gasteiger partial charge in [-0.05, 0) is 35.7 Å². The number of amides is 4. The van der Waals surface area contributed by atoms with Crippen molar-refractivity contribution in [3.63, 3.8) is 0 Å². The zero-order valence-electron chi connectivity index (χ0n) is 22.9. The Morgan fingerprint density at radius 3 is 2.30 bits per heavy atom. The first kappa shape index (κ1) is 27.2. The second-order valence-corrected chi connectivity index (χ2v) is 10.1. The third-order valence-corrected chi connectivity index (χ3v) is 7.22. The average molecular weight is 543 g/mol. The largest absolute Gasteiger partial charge is 0.497 e. The van der Waals surface area contributed by atoms with E-state index in [2.05, 4.69) is 10.7 Å². The molecule has 0 spiro atoms. The maximum atomic E-state index is 13.8. The summed E-state index contributed by atoms with van der Waals surface area (Å²) in [6, 6.07) is 23.8. The number of aryl methyl sites for hydroxylation is 1. The van der Waals surface area contributed by atoms with E-state index in [1.165, 1.54) is 14.9 Å². The maximum absolute atomic E-state index is 13.8. The minimum absolute atomic E-state index is 0.0370. The highest BCUT2D eigenvalue weighted by atomic mass is 16.5. The molecule has 2 heterocycles. The van der Waals surface area contributed by atoms with E-state index in [9.17, 15) is 14.4 Å². The molecule has 4 amide bonds. The fraction of sp³-hybridized carbons (Fsp3) is 0.300. The quantitative estimate of drug-likeness (QED) is 0.477. The Morgan fingerprint density at radius 2 is 1.62 bits per heavy atom. The highest BCUT2D eigenvalue weighted by molar-refractivity contribution is 5.91. The Balaban J connectivity index is 1.42. The van der Waals surface area contributed by atoms with Crippen molar-refractivity contribution < 1.29 is 19.1 Å². The van der Waals surface area contributed by atoms with Gasteiger partial charge in [0.05, 0.1) is 20.2 Å². The highest BCUT2D eigenvalue weighted by Crippen LogP contribution is 2.26. The Morgan fingerprint density at radius 1 is 0.950 bits per heavy atom. The van der Waals surface area contributed by atoms with Crippen LogP contribution in [0, 0.1) is 6.92 Å². The van der Waals surface area contributed by atoms with Crippen LogP contribution in [0.4, 0.5) is 4.79 Å². The molecule has 1 unspecified atom stereocenters. The van der Waals surface area contributed by atoms with E-state index < -0.39 is 18.4 Å². The van der Waals surface area contributed by atoms with Crippen LogP contribution in [-0.2, 0) is 29.1 Å². The van der Waals surface area contributed by atoms with Gasteiger partial charge in [-0.3, -0.25) is 19.5 Å². The van der Waals surface area contributed by atoms with Crippen LogP contribution in [-0.4, -0.2) is 70.8 Å². The summed E-state index contributed by atoms with van der Waals surface area (Å²) in [5, 5.41) is 7.53. The summed E-state index contributed by atoms with van der Waals surface area (Å²) in [5.74, 6) is 0.273. The molecule has 40 heavy (non-hydrogen) atoms. The van der Waals surface area contributed by atoms with Crippen LogP contribution in [0.3, 0.4) is 0 Å². The van der Waals surface area contributed by atoms with Crippen LogP contribution >= 0.6 is 0 Å². The second-order valence-electron chi connectivity index (χ2n) is 10.1. The third-order valence-electron chi connectivity index (χ3n) is 7.22. The smallest absolute Gasteiger partial charge is 0.335 e. The van der Waals surface area contributed by atoms with Crippen LogP contribution in [0.5, 0.6) is 5.75 Å². The van der Waals surface area contributed by atoms with Gasteiger partial charge in [-0.1, -0.05) is 72.3 Å². The summed E-state index contributed by atoms with van der Waals surface area (Å²) in [7, 11) is 3.29. The number of methoxy groups -OCH3 is 1. The summed E-state index contributed by atoms with van der Waals surface area (Å²) >= 11 is 0. The van der Waals surface area contributed by atoms with E-state index in [1.807, 2.05) is 85.8 Å². The summed E-state index contributed by atoms with van der Waals surface area (Å²) in [6.45, 7) is 2.54. The van der Waals surface area contributed by atoms with Crippen molar-refractivity contribution in [3.05, 3.63) is 101 Å². The van der Waals surface area contributed by atoms with Gasteiger partial charge in [-0.25, -0.2) is 14.8 Å². The Kier molecular flexibility index (Phi) is 7.99. The fourth-order valence-electron chi connectivity index (χ4n) is 5.05. The van der Waals surface area contributed by atoms with Gasteiger partial charge < -0.3 is 10.1 Å². The first-order valence-corrected chi connectivity index (χ1v) is 13.2. The normalized spacial score (nSPS) is 19.4. The highest BCUT2D eigenvalue weighted by Gasteiger charge is 2.50. The van der Waals surface area contributed by atoms with E-state index in [0.29, 0.717) is 6.42 Å². The Bertz CT molecular complexity index is 1350. The minimum atomic E-state index is -0.890. The molecule has 5 rings (SSSR count). The SMILES string of the molecule is COc1ccc(CNC(=O)N2C3NN(Cc4ccc(C)cc4)C(=O)[C@H](Cc4ccccc4)N3C(=O)CN2C)cc1. The van der Waals surface area contributed by atoms with Crippen LogP contribution in [0.25, 0.3) is 0 Å². The molecule has 3 aromatic carbocycles. The molecule has 2 N–H and O–H groups in total. The monoisotopic (exact) mass is 542 g/mol. The molecule has 10 nitrogen and oxygen atoms in total. The molecular formula is C30H34N6O4. The fourth-order valence-corrected chi connectivity index (χ4v) is 5.05. The Labute approximate surface area is 234 Å². The number of carbonyl (C=O) groups is 3. The molecule has 2 atom stereocenters. The number of ether oxygens (including phenoxy) is 1. The minimum Gasteiger partial charge on any atom is -0.497 e. The van der Waals surface area contributed by atoms with Gasteiger partial charge >= 0.3 is 6.03 Å². The lowest BCUT2D eigenvalue weighted by atomic mass is 10.0. The molecule has 10 heteroatoms. The molecule has 0 saturated carbocycles. The van der Waals surface area contributed by atoms with Crippen molar-refractivity contribution in [2.75, 3.05) is 20.7 Å². The molecule has 0 radical (unpaired) electrons. The molecule has 0 bridgehead atoms. The molecule has 2 aliphatic rings. The van der Waals surface area contributed by atoms with Crippen molar-refractivity contribution in [3.8, 4) is 5.75 Å². The van der Waals surface area contributed by atoms with Crippen molar-refractivity contribution in [2.45, 2.75) is 38.8 Å². The average Bonchev–Trinajstić information content (AvgIpc) is 2.96. The Hall–Kier alpha value is -4.41. The number of likely N-dealkylation sites (N-methyl/N-ethyl adjacent to an activating group) is 1. The zero-order chi connectivity index (χ0) is 28.2. The van der Waals surface area contributed by atoms with Crippen molar-refractivity contribution >= 4 is 17.8 Å². The third kappa shape index (κ3) is 5.78. The number of fused-ring (bicyclic) bond motifs is 1. The standard InChI is InChI=1S/C30H34N6O4/c1-21-9-11-24(12-10-21)19-34-28(38)26(17-22-7-5-4-6-8-22)35-27(37)20-33(2)36(29(35)32-34)30(39)31-18-23-13-15-25(40-3)16-14-23/h4-16,26,29,32H,17-20H2,1-3H3,(H,31,39)/t26-,29?/m0/s1. The number of hydrazine groups is 2. The van der Waals surface area contributed by atoms with Crippen molar-refractivity contribution in [1.82, 2.24) is 30.7 Å². The van der Waals surface area contributed by atoms with Crippen LogP contribution in [0.2, 0.25) is 0 Å². The number of rotatable bonds is 7. The van der Waals surface area contributed by atoms with Crippen LogP contribution < -0.4 is 15.5 Å². The number of urea groups is 1. The molecule has 2 fully saturated rings. The van der Waals surface area contributed by atoms with E-state index >= 15 is 0 Å². The molecular weight excluding hydrogens is 508 g/mol. The summed E-state index contributed by atoms with van der Waals surface area (Å²) in [6.07, 6.45) is -0.557. The topological polar surface area (TPSA) is 97.5 Å². The van der Waals surface area contributed by atoms with E-state index in [0.717, 1.165) is 28.0 Å². The van der Waals surface area contributed by atoms with Gasteiger partial charge in [-0.2, -0.15) is 5.43 Å². The lowest BCUT2D eigenvalue weighted by Crippen LogP contribution is -2.80. The van der Waals surface area contributed by atoms with Gasteiger partial charge in [0.1, 0.15) is 11.8 Å². The predicted octanol–water partition coefficient (Wildman–Crippen LogP) is 2.65. The summed E-state index contributed by atoms with van der Waals surface area (Å²) in [5.41, 5.74) is 7.07. The van der Waals surface area contributed by atoms with Crippen LogP contribution in [0.15, 0.2) is 78.9 Å². The lowest BCUT2D eigenvalue weighted by molar-refractivity contribution is -0.202. The van der Waals surface area contributed by atoms with Crippen molar-refractivity contribution in [2.24, 2.45) is 0 Å².